The molecule has 5 aromatic rings. The van der Waals surface area contributed by atoms with E-state index in [0.717, 1.165) is 26.8 Å². The molecule has 5 aromatic carbocycles. The zero-order valence-electron chi connectivity index (χ0n) is 27.6. The highest BCUT2D eigenvalue weighted by atomic mass is 31.2. The fourth-order valence-corrected chi connectivity index (χ4v) is 15.9. The molecule has 0 heterocycles. The molecule has 0 aliphatic heterocycles. The first-order valence-electron chi connectivity index (χ1n) is 16.1. The maximum Gasteiger partial charge on any atom is 0.220 e. The van der Waals surface area contributed by atoms with E-state index in [0.29, 0.717) is 6.16 Å². The lowest BCUT2D eigenvalue weighted by Crippen LogP contribution is -2.73. The monoisotopic (exact) mass is 650 g/mol. The molecule has 0 aliphatic carbocycles. The quantitative estimate of drug-likeness (QED) is 0.114. The van der Waals surface area contributed by atoms with Crippen LogP contribution in [0.15, 0.2) is 152 Å². The highest BCUT2D eigenvalue weighted by molar-refractivity contribution is 7.86. The third kappa shape index (κ3) is 5.56. The van der Waals surface area contributed by atoms with Crippen molar-refractivity contribution in [2.45, 2.75) is 37.5 Å². The van der Waals surface area contributed by atoms with Crippen molar-refractivity contribution in [2.24, 2.45) is 5.92 Å². The Morgan fingerprint density at radius 3 is 1.22 bits per heavy atom. The maximum absolute atomic E-state index is 14.2. The standard InChI is InChI=1S/C40H48N2O2P2/c1-32(2)39(42-5,31-45(43,35-23-13-7-14-24-35)36-25-15-8-16-26-36)40(33(3)41-4,34-21-11-6-12-22-34)46(44,37-27-17-9-18-28-37)38-29-19-10-20-30-38/h6-30,32-33,41-44H,31H2,1-5H3/q+2/t33-,39+,40+/m0/s1. The van der Waals surface area contributed by atoms with Gasteiger partial charge in [-0.1, -0.05) is 117 Å². The van der Waals surface area contributed by atoms with Crippen LogP contribution in [0, 0.1) is 5.92 Å². The second-order valence-electron chi connectivity index (χ2n) is 12.4. The highest BCUT2D eigenvalue weighted by Crippen LogP contribution is 2.76. The van der Waals surface area contributed by atoms with E-state index in [1.54, 1.807) is 0 Å². The third-order valence-electron chi connectivity index (χ3n) is 10.0. The molecule has 4 N–H and O–H groups in total. The molecule has 0 aromatic heterocycles. The summed E-state index contributed by atoms with van der Waals surface area (Å²) < 4.78 is 0. The Kier molecular flexibility index (Phi) is 10.6. The van der Waals surface area contributed by atoms with Crippen LogP contribution in [0.1, 0.15) is 26.3 Å². The van der Waals surface area contributed by atoms with Crippen molar-refractivity contribution in [2.75, 3.05) is 20.3 Å². The zero-order chi connectivity index (χ0) is 32.8. The van der Waals surface area contributed by atoms with Gasteiger partial charge in [0.15, 0.2) is 5.16 Å². The Hall–Kier alpha value is -3.20. The van der Waals surface area contributed by atoms with Crippen LogP contribution in [-0.2, 0) is 5.16 Å². The van der Waals surface area contributed by atoms with Crippen LogP contribution in [0.5, 0.6) is 0 Å². The molecule has 238 valence electrons. The predicted molar refractivity (Wildman–Crippen MR) is 201 cm³/mol. The van der Waals surface area contributed by atoms with Crippen LogP contribution in [0.4, 0.5) is 0 Å². The molecule has 0 fully saturated rings. The molecule has 46 heavy (non-hydrogen) atoms. The Balaban J connectivity index is 1.99. The summed E-state index contributed by atoms with van der Waals surface area (Å²) in [5.74, 6) is -0.0357. The van der Waals surface area contributed by atoms with E-state index in [4.69, 9.17) is 0 Å². The van der Waals surface area contributed by atoms with Gasteiger partial charge in [0, 0.05) is 5.56 Å². The fraction of sp³-hybridized carbons (Fsp3) is 0.250. The first-order chi connectivity index (χ1) is 22.2. The van der Waals surface area contributed by atoms with Crippen molar-refractivity contribution in [3.05, 3.63) is 157 Å². The van der Waals surface area contributed by atoms with E-state index in [-0.39, 0.29) is 12.0 Å². The second-order valence-corrected chi connectivity index (χ2v) is 18.3. The summed E-state index contributed by atoms with van der Waals surface area (Å²) in [5, 5.41) is 10.2. The molecule has 0 spiro atoms. The van der Waals surface area contributed by atoms with Crippen LogP contribution in [0.3, 0.4) is 0 Å². The molecular weight excluding hydrogens is 602 g/mol. The summed E-state index contributed by atoms with van der Waals surface area (Å²) in [6.45, 7) is 6.66. The van der Waals surface area contributed by atoms with Crippen molar-refractivity contribution in [1.82, 2.24) is 10.6 Å². The van der Waals surface area contributed by atoms with E-state index in [2.05, 4.69) is 104 Å². The summed E-state index contributed by atoms with van der Waals surface area (Å²) in [5.41, 5.74) is 0.176. The van der Waals surface area contributed by atoms with Gasteiger partial charge in [-0.3, -0.25) is 0 Å². The van der Waals surface area contributed by atoms with E-state index >= 15 is 0 Å². The van der Waals surface area contributed by atoms with Crippen LogP contribution in [0.2, 0.25) is 0 Å². The molecule has 6 heteroatoms. The largest absolute Gasteiger partial charge is 0.313 e. The van der Waals surface area contributed by atoms with E-state index < -0.39 is 25.7 Å². The summed E-state index contributed by atoms with van der Waals surface area (Å²) >= 11 is 0. The van der Waals surface area contributed by atoms with Crippen molar-refractivity contribution in [3.8, 4) is 0 Å². The maximum atomic E-state index is 14.2. The minimum absolute atomic E-state index is 0.0357. The number of hydrogen-bond donors (Lipinski definition) is 4. The Bertz CT molecular complexity index is 1580. The smallest absolute Gasteiger partial charge is 0.220 e. The van der Waals surface area contributed by atoms with E-state index in [1.165, 1.54) is 0 Å². The fourth-order valence-electron chi connectivity index (χ4n) is 7.74. The van der Waals surface area contributed by atoms with Gasteiger partial charge in [-0.25, -0.2) is 9.79 Å². The van der Waals surface area contributed by atoms with Gasteiger partial charge in [0.25, 0.3) is 0 Å². The first kappa shape index (κ1) is 34.1. The normalized spacial score (nSPS) is 15.6. The van der Waals surface area contributed by atoms with Gasteiger partial charge in [-0.2, -0.15) is 0 Å². The Morgan fingerprint density at radius 1 is 0.543 bits per heavy atom. The average Bonchev–Trinajstić information content (AvgIpc) is 3.12. The molecule has 0 unspecified atom stereocenters. The number of nitrogens with one attached hydrogen (secondary N) is 2. The predicted octanol–water partition coefficient (Wildman–Crippen LogP) is 6.26. The van der Waals surface area contributed by atoms with Gasteiger partial charge >= 0.3 is 0 Å². The van der Waals surface area contributed by atoms with Crippen molar-refractivity contribution in [3.63, 3.8) is 0 Å². The van der Waals surface area contributed by atoms with E-state index in [1.807, 2.05) is 93.0 Å². The average molecular weight is 651 g/mol. The number of likely N-dealkylation sites (N-methyl/N-ethyl adjacent to an activating group) is 2. The van der Waals surface area contributed by atoms with Crippen molar-refractivity contribution in [1.29, 1.82) is 0 Å². The number of benzene rings is 5. The third-order valence-corrected chi connectivity index (χ3v) is 17.4. The molecular formula is C40H48N2O2P2+2. The summed E-state index contributed by atoms with van der Waals surface area (Å²) in [4.78, 5) is 27.7. The molecule has 3 atom stereocenters. The van der Waals surface area contributed by atoms with Gasteiger partial charge in [0.2, 0.25) is 15.0 Å². The van der Waals surface area contributed by atoms with E-state index in [9.17, 15) is 9.79 Å². The molecule has 0 amide bonds. The molecule has 5 rings (SSSR count). The van der Waals surface area contributed by atoms with Gasteiger partial charge in [0.05, 0.1) is 6.04 Å². The van der Waals surface area contributed by atoms with Gasteiger partial charge in [0.1, 0.15) is 32.9 Å². The topological polar surface area (TPSA) is 64.5 Å². The summed E-state index contributed by atoms with van der Waals surface area (Å²) in [6, 6.07) is 51.0. The molecule has 4 nitrogen and oxygen atoms in total. The number of hydrogen-bond acceptors (Lipinski definition) is 4. The van der Waals surface area contributed by atoms with Crippen molar-refractivity contribution < 1.29 is 9.79 Å². The van der Waals surface area contributed by atoms with Crippen LogP contribution >= 0.6 is 15.0 Å². The minimum Gasteiger partial charge on any atom is -0.313 e. The molecule has 0 bridgehead atoms. The van der Waals surface area contributed by atoms with Crippen LogP contribution < -0.4 is 31.9 Å². The van der Waals surface area contributed by atoms with Crippen LogP contribution in [0.25, 0.3) is 0 Å². The lowest BCUT2D eigenvalue weighted by Gasteiger charge is -2.57. The molecule has 0 radical (unpaired) electrons. The lowest BCUT2D eigenvalue weighted by atomic mass is 9.69. The molecule has 0 saturated heterocycles. The number of rotatable bonds is 13. The Labute approximate surface area is 276 Å². The van der Waals surface area contributed by atoms with Gasteiger partial charge in [-0.15, -0.1) is 0 Å². The van der Waals surface area contributed by atoms with Gasteiger partial charge < -0.3 is 10.6 Å². The molecule has 0 saturated carbocycles. The summed E-state index contributed by atoms with van der Waals surface area (Å²) in [7, 11) is -2.46. The SMILES string of the molecule is CN[C@@H](C)[C@@](c1ccccc1)([C@](C[P+](O)(c1ccccc1)c1ccccc1)(NC)C(C)C)[P+](O)(c1ccccc1)c1ccccc1. The second kappa shape index (κ2) is 14.3. The minimum atomic E-state index is -3.39. The highest BCUT2D eigenvalue weighted by Gasteiger charge is 2.77. The Morgan fingerprint density at radius 2 is 0.891 bits per heavy atom. The molecule has 0 aliphatic rings. The first-order valence-corrected chi connectivity index (χ1v) is 19.8. The van der Waals surface area contributed by atoms with Crippen LogP contribution in [-0.4, -0.2) is 41.6 Å². The zero-order valence-corrected chi connectivity index (χ0v) is 29.4. The van der Waals surface area contributed by atoms with Crippen molar-refractivity contribution >= 4 is 36.2 Å². The lowest BCUT2D eigenvalue weighted by molar-refractivity contribution is 0.162. The van der Waals surface area contributed by atoms with Gasteiger partial charge in [-0.05, 0) is 75.5 Å². The summed E-state index contributed by atoms with van der Waals surface area (Å²) in [6.07, 6.45) is 0.394.